The Labute approximate surface area is 135 Å². The van der Waals surface area contributed by atoms with Crippen molar-refractivity contribution in [2.75, 3.05) is 32.9 Å². The van der Waals surface area contributed by atoms with Gasteiger partial charge in [0.2, 0.25) is 15.9 Å². The monoisotopic (exact) mass is 343 g/mol. The molecule has 2 aliphatic rings. The van der Waals surface area contributed by atoms with Gasteiger partial charge in [0.25, 0.3) is 0 Å². The molecule has 1 amide bonds. The zero-order valence-corrected chi connectivity index (χ0v) is 14.1. The molecule has 1 fully saturated rings. The molecule has 23 heavy (non-hydrogen) atoms. The van der Waals surface area contributed by atoms with Crippen molar-refractivity contribution < 1.29 is 17.9 Å². The second-order valence-electron chi connectivity index (χ2n) is 6.05. The number of hydrogen-bond donors (Lipinski definition) is 0. The number of amides is 1. The molecule has 9 nitrogen and oxygen atoms in total. The van der Waals surface area contributed by atoms with Crippen LogP contribution < -0.4 is 0 Å². The molecule has 1 aromatic rings. The van der Waals surface area contributed by atoms with E-state index in [0.29, 0.717) is 19.7 Å². The summed E-state index contributed by atoms with van der Waals surface area (Å²) in [5.41, 5.74) is 0.914. The Balaban J connectivity index is 1.62. The summed E-state index contributed by atoms with van der Waals surface area (Å²) in [6.45, 7) is 1.82. The van der Waals surface area contributed by atoms with Crippen molar-refractivity contribution in [3.05, 3.63) is 11.9 Å². The van der Waals surface area contributed by atoms with Gasteiger partial charge in [-0.1, -0.05) is 5.21 Å². The Morgan fingerprint density at radius 3 is 3.04 bits per heavy atom. The average molecular weight is 343 g/mol. The summed E-state index contributed by atoms with van der Waals surface area (Å²) in [5.74, 6) is -0.0498. The summed E-state index contributed by atoms with van der Waals surface area (Å²) in [6.07, 6.45) is 3.78. The first kappa shape index (κ1) is 16.3. The summed E-state index contributed by atoms with van der Waals surface area (Å²) >= 11 is 0. The Hall–Kier alpha value is -1.52. The first-order chi connectivity index (χ1) is 10.9. The highest BCUT2D eigenvalue weighted by atomic mass is 32.2. The normalized spacial score (nSPS) is 24.4. The molecule has 1 saturated heterocycles. The van der Waals surface area contributed by atoms with Gasteiger partial charge in [0.15, 0.2) is 0 Å². The number of carbonyl (C=O) groups is 1. The third kappa shape index (κ3) is 3.38. The standard InChI is InChI=1S/C13H21N5O4S/c1-16(23(2,20)21)5-4-13(19)17-6-3-12-11(8-17)18-10(9-22-12)7-14-15-18/h7,11-12H,3-6,8-9H2,1-2H3/t11-,12+/m0/s1. The summed E-state index contributed by atoms with van der Waals surface area (Å²) in [6, 6.07) is -0.0217. The molecule has 10 heteroatoms. The van der Waals surface area contributed by atoms with E-state index in [1.54, 1.807) is 11.1 Å². The Morgan fingerprint density at radius 1 is 1.52 bits per heavy atom. The van der Waals surface area contributed by atoms with Crippen LogP contribution in [0.25, 0.3) is 0 Å². The number of hydrogen-bond acceptors (Lipinski definition) is 6. The van der Waals surface area contributed by atoms with E-state index in [9.17, 15) is 13.2 Å². The van der Waals surface area contributed by atoms with E-state index in [0.717, 1.165) is 18.4 Å². The molecular formula is C13H21N5O4S. The van der Waals surface area contributed by atoms with Crippen LogP contribution in [-0.2, 0) is 26.2 Å². The van der Waals surface area contributed by atoms with E-state index >= 15 is 0 Å². The number of rotatable bonds is 4. The van der Waals surface area contributed by atoms with Crippen molar-refractivity contribution >= 4 is 15.9 Å². The quantitative estimate of drug-likeness (QED) is 0.712. The second-order valence-corrected chi connectivity index (χ2v) is 8.14. The van der Waals surface area contributed by atoms with Crippen molar-refractivity contribution in [1.82, 2.24) is 24.2 Å². The number of aromatic nitrogens is 3. The first-order valence-electron chi connectivity index (χ1n) is 7.56. The van der Waals surface area contributed by atoms with E-state index < -0.39 is 10.0 Å². The topological polar surface area (TPSA) is 97.6 Å². The second kappa shape index (κ2) is 6.17. The molecule has 0 aromatic carbocycles. The number of sulfonamides is 1. The fourth-order valence-corrected chi connectivity index (χ4v) is 3.41. The number of piperidine rings is 1. The largest absolute Gasteiger partial charge is 0.370 e. The molecule has 3 heterocycles. The van der Waals surface area contributed by atoms with Crippen molar-refractivity contribution in [3.63, 3.8) is 0 Å². The third-order valence-electron chi connectivity index (χ3n) is 4.49. The SMILES string of the molecule is CN(CCC(=O)N1CC[C@H]2OCc3cnnn3[C@H]2C1)S(C)(=O)=O. The van der Waals surface area contributed by atoms with E-state index in [-0.39, 0.29) is 31.0 Å². The van der Waals surface area contributed by atoms with Crippen LogP contribution in [0, 0.1) is 0 Å². The highest BCUT2D eigenvalue weighted by molar-refractivity contribution is 7.88. The maximum atomic E-state index is 12.4. The van der Waals surface area contributed by atoms with Crippen LogP contribution in [0.3, 0.4) is 0 Å². The van der Waals surface area contributed by atoms with Crippen LogP contribution in [-0.4, -0.2) is 77.6 Å². The van der Waals surface area contributed by atoms with Gasteiger partial charge in [-0.05, 0) is 6.42 Å². The van der Waals surface area contributed by atoms with E-state index in [4.69, 9.17) is 4.74 Å². The van der Waals surface area contributed by atoms with Gasteiger partial charge in [0.1, 0.15) is 0 Å². The molecule has 0 N–H and O–H groups in total. The van der Waals surface area contributed by atoms with E-state index in [1.807, 2.05) is 4.68 Å². The molecule has 2 aliphatic heterocycles. The van der Waals surface area contributed by atoms with Gasteiger partial charge < -0.3 is 9.64 Å². The van der Waals surface area contributed by atoms with Gasteiger partial charge in [-0.3, -0.25) is 4.79 Å². The minimum Gasteiger partial charge on any atom is -0.370 e. The smallest absolute Gasteiger partial charge is 0.223 e. The molecule has 1 aromatic heterocycles. The zero-order valence-electron chi connectivity index (χ0n) is 13.3. The Morgan fingerprint density at radius 2 is 2.30 bits per heavy atom. The van der Waals surface area contributed by atoms with Crippen LogP contribution >= 0.6 is 0 Å². The molecular weight excluding hydrogens is 322 g/mol. The van der Waals surface area contributed by atoms with Crippen molar-refractivity contribution in [1.29, 1.82) is 0 Å². The fourth-order valence-electron chi connectivity index (χ4n) is 2.98. The average Bonchev–Trinajstić information content (AvgIpc) is 2.99. The lowest BCUT2D eigenvalue weighted by atomic mass is 10.00. The van der Waals surface area contributed by atoms with Crippen LogP contribution in [0.15, 0.2) is 6.20 Å². The number of carbonyl (C=O) groups excluding carboxylic acids is 1. The zero-order chi connectivity index (χ0) is 16.6. The molecule has 0 aliphatic carbocycles. The Bertz CT molecular complexity index is 688. The fraction of sp³-hybridized carbons (Fsp3) is 0.769. The van der Waals surface area contributed by atoms with Gasteiger partial charge in [-0.2, -0.15) is 0 Å². The van der Waals surface area contributed by atoms with Gasteiger partial charge in [-0.15, -0.1) is 5.10 Å². The lowest BCUT2D eigenvalue weighted by Gasteiger charge is -2.41. The molecule has 2 atom stereocenters. The highest BCUT2D eigenvalue weighted by Crippen LogP contribution is 2.30. The molecule has 0 unspecified atom stereocenters. The summed E-state index contributed by atoms with van der Waals surface area (Å²) in [4.78, 5) is 14.1. The third-order valence-corrected chi connectivity index (χ3v) is 5.80. The van der Waals surface area contributed by atoms with Gasteiger partial charge in [-0.25, -0.2) is 17.4 Å². The predicted molar refractivity (Wildman–Crippen MR) is 80.9 cm³/mol. The maximum absolute atomic E-state index is 12.4. The van der Waals surface area contributed by atoms with Gasteiger partial charge in [0.05, 0.1) is 36.9 Å². The molecule has 0 saturated carbocycles. The van der Waals surface area contributed by atoms with Crippen molar-refractivity contribution in [2.24, 2.45) is 0 Å². The van der Waals surface area contributed by atoms with Crippen LogP contribution in [0.1, 0.15) is 24.6 Å². The van der Waals surface area contributed by atoms with Gasteiger partial charge >= 0.3 is 0 Å². The van der Waals surface area contributed by atoms with Crippen LogP contribution in [0.2, 0.25) is 0 Å². The minimum atomic E-state index is -3.26. The number of ether oxygens (including phenoxy) is 1. The Kier molecular flexibility index (Phi) is 4.39. The minimum absolute atomic E-state index is 0.0217. The number of nitrogens with zero attached hydrogens (tertiary/aromatic N) is 5. The van der Waals surface area contributed by atoms with E-state index in [1.165, 1.54) is 11.4 Å². The predicted octanol–water partition coefficient (Wildman–Crippen LogP) is -0.768. The highest BCUT2D eigenvalue weighted by Gasteiger charge is 2.37. The van der Waals surface area contributed by atoms with Crippen LogP contribution in [0.4, 0.5) is 0 Å². The molecule has 3 rings (SSSR count). The maximum Gasteiger partial charge on any atom is 0.223 e. The lowest BCUT2D eigenvalue weighted by molar-refractivity contribution is -0.138. The molecule has 0 spiro atoms. The van der Waals surface area contributed by atoms with E-state index in [2.05, 4.69) is 10.3 Å². The van der Waals surface area contributed by atoms with Crippen molar-refractivity contribution in [3.8, 4) is 0 Å². The summed E-state index contributed by atoms with van der Waals surface area (Å²) < 4.78 is 31.6. The molecule has 0 bridgehead atoms. The number of fused-ring (bicyclic) bond motifs is 3. The molecule has 0 radical (unpaired) electrons. The van der Waals surface area contributed by atoms with Crippen LogP contribution in [0.5, 0.6) is 0 Å². The first-order valence-corrected chi connectivity index (χ1v) is 9.41. The summed E-state index contributed by atoms with van der Waals surface area (Å²) in [7, 11) is -1.78. The summed E-state index contributed by atoms with van der Waals surface area (Å²) in [5, 5.41) is 8.01. The lowest BCUT2D eigenvalue weighted by Crippen LogP contribution is -2.50. The molecule has 128 valence electrons. The number of likely N-dealkylation sites (tertiary alicyclic amines) is 1. The van der Waals surface area contributed by atoms with Gasteiger partial charge in [0, 0.05) is 33.1 Å². The van der Waals surface area contributed by atoms with Crippen molar-refractivity contribution in [2.45, 2.75) is 31.6 Å².